The van der Waals surface area contributed by atoms with Gasteiger partial charge >= 0.3 is 0 Å². The van der Waals surface area contributed by atoms with E-state index >= 15 is 0 Å². The number of hydrogen-bond acceptors (Lipinski definition) is 3. The molecule has 0 saturated carbocycles. The van der Waals surface area contributed by atoms with Crippen LogP contribution in [0.25, 0.3) is 63.5 Å². The van der Waals surface area contributed by atoms with E-state index in [1.165, 1.54) is 75.5 Å². The average Bonchev–Trinajstić information content (AvgIpc) is 3.29. The summed E-state index contributed by atoms with van der Waals surface area (Å²) in [7, 11) is 0. The molecule has 2 aromatic heterocycles. The van der Waals surface area contributed by atoms with Crippen molar-refractivity contribution in [3.05, 3.63) is 40.5 Å². The van der Waals surface area contributed by atoms with Crippen LogP contribution in [0.3, 0.4) is 0 Å². The van der Waals surface area contributed by atoms with Crippen molar-refractivity contribution in [1.29, 1.82) is 0 Å². The zero-order chi connectivity index (χ0) is 19.5. The summed E-state index contributed by atoms with van der Waals surface area (Å²) in [5.41, 5.74) is 7.30. The predicted molar refractivity (Wildman–Crippen MR) is 127 cm³/mol. The lowest BCUT2D eigenvalue weighted by atomic mass is 9.81. The molecule has 2 N–H and O–H groups in total. The Kier molecular flexibility index (Phi) is 2.34. The molecule has 0 radical (unpaired) electrons. The molecule has 1 atom stereocenters. The van der Waals surface area contributed by atoms with E-state index in [0.717, 1.165) is 29.5 Å². The summed E-state index contributed by atoms with van der Waals surface area (Å²) in [6.45, 7) is 0. The van der Waals surface area contributed by atoms with Crippen molar-refractivity contribution in [2.24, 2.45) is 0 Å². The number of thiophene rings is 1. The van der Waals surface area contributed by atoms with Crippen LogP contribution in [-0.4, -0.2) is 14.6 Å². The first-order valence-electron chi connectivity index (χ1n) is 10.5. The first kappa shape index (κ1) is 15.3. The minimum atomic E-state index is -0.861. The number of aromatic nitrogens is 1. The number of benzene rings is 5. The van der Waals surface area contributed by atoms with Crippen LogP contribution in [0, 0.1) is 0 Å². The lowest BCUT2D eigenvalue weighted by Gasteiger charge is -2.24. The Morgan fingerprint density at radius 2 is 1.53 bits per heavy atom. The molecule has 0 amide bonds. The van der Waals surface area contributed by atoms with Crippen molar-refractivity contribution in [3.8, 4) is 5.75 Å². The summed E-state index contributed by atoms with van der Waals surface area (Å²) >= 11 is 0.860. The van der Waals surface area contributed by atoms with Gasteiger partial charge in [0.15, 0.2) is 0 Å². The zero-order valence-electron chi connectivity index (χ0n) is 15.9. The van der Waals surface area contributed by atoms with Gasteiger partial charge in [-0.1, -0.05) is 0 Å². The smallest absolute Gasteiger partial charge is 0.137 e. The van der Waals surface area contributed by atoms with Crippen molar-refractivity contribution >= 4 is 86.0 Å². The van der Waals surface area contributed by atoms with E-state index < -0.39 is 11.2 Å². The first-order valence-corrected chi connectivity index (χ1v) is 12.8. The van der Waals surface area contributed by atoms with Gasteiger partial charge in [-0.2, -0.15) is 0 Å². The molecule has 0 saturated heterocycles. The highest BCUT2D eigenvalue weighted by molar-refractivity contribution is 7.89. The Bertz CT molecular complexity index is 1860. The van der Waals surface area contributed by atoms with E-state index in [9.17, 15) is 9.66 Å². The predicted octanol–water partition coefficient (Wildman–Crippen LogP) is 6.27. The fraction of sp³-hybridized carbons (Fsp3) is 0.200. The van der Waals surface area contributed by atoms with Crippen LogP contribution in [0.5, 0.6) is 5.75 Å². The molecule has 5 aromatic carbocycles. The second-order valence-electron chi connectivity index (χ2n) is 9.17. The number of hydrogen-bond donors (Lipinski definition) is 2. The third-order valence-electron chi connectivity index (χ3n) is 7.71. The summed E-state index contributed by atoms with van der Waals surface area (Å²) in [6.07, 6.45) is 3.11. The van der Waals surface area contributed by atoms with E-state index in [4.69, 9.17) is 0 Å². The molecule has 3 heterocycles. The maximum atomic E-state index is 12.6. The number of nitrogens with one attached hydrogen (secondary N) is 1. The molecule has 0 fully saturated rings. The van der Waals surface area contributed by atoms with Gasteiger partial charge in [0.1, 0.15) is 17.3 Å². The summed E-state index contributed by atoms with van der Waals surface area (Å²) in [6, 6.07) is 6.84. The number of phenols is 1. The van der Waals surface area contributed by atoms with E-state index in [-0.39, 0.29) is 0 Å². The minimum Gasteiger partial charge on any atom is -0.616 e. The molecular weight excluding hydrogens is 410 g/mol. The second kappa shape index (κ2) is 4.57. The maximum Gasteiger partial charge on any atom is 0.137 e. The Balaban J connectivity index is 1.75. The SMILES string of the molecule is [O-][S+]1Cc2cc3[nH]c4cc5c6c(c(O)c7sc8cc(c2c2c3c4c6c7c82)C1)CCC5. The lowest BCUT2D eigenvalue weighted by molar-refractivity contribution is 0.475. The van der Waals surface area contributed by atoms with Crippen molar-refractivity contribution in [1.82, 2.24) is 4.98 Å². The molecule has 3 nitrogen and oxygen atoms in total. The van der Waals surface area contributed by atoms with Crippen LogP contribution in [-0.2, 0) is 35.5 Å². The van der Waals surface area contributed by atoms with Gasteiger partial charge in [0.25, 0.3) is 0 Å². The number of rotatable bonds is 0. The maximum absolute atomic E-state index is 12.6. The molecule has 2 aliphatic rings. The summed E-state index contributed by atoms with van der Waals surface area (Å²) in [4.78, 5) is 3.73. The fourth-order valence-corrected chi connectivity index (χ4v) is 9.27. The van der Waals surface area contributed by atoms with E-state index in [1.54, 1.807) is 11.3 Å². The van der Waals surface area contributed by atoms with Crippen LogP contribution in [0.2, 0.25) is 0 Å². The Morgan fingerprint density at radius 1 is 0.800 bits per heavy atom. The highest BCUT2D eigenvalue weighted by Crippen LogP contribution is 2.57. The molecule has 0 spiro atoms. The molecule has 1 aliphatic heterocycles. The van der Waals surface area contributed by atoms with Crippen LogP contribution >= 0.6 is 11.3 Å². The standard InChI is InChI=1S/C25H15NO2S2/c27-24-12-3-1-2-9-4-13-19-18-14(26-13)5-10-7-30(28)8-11-6-15-20(21(18)16(10)11)23(25(24)29-15)22(19)17(9)12/h4-6,26-27H,1-3,7-8H2. The van der Waals surface area contributed by atoms with E-state index in [2.05, 4.69) is 23.2 Å². The van der Waals surface area contributed by atoms with Gasteiger partial charge in [-0.25, -0.2) is 0 Å². The van der Waals surface area contributed by atoms with Gasteiger partial charge in [-0.05, 0) is 65.0 Å². The lowest BCUT2D eigenvalue weighted by Crippen LogP contribution is -2.14. The summed E-state index contributed by atoms with van der Waals surface area (Å²) in [5.74, 6) is 1.76. The quantitative estimate of drug-likeness (QED) is 0.171. The molecule has 1 aliphatic carbocycles. The van der Waals surface area contributed by atoms with E-state index in [1.807, 2.05) is 0 Å². The van der Waals surface area contributed by atoms with Crippen molar-refractivity contribution in [2.45, 2.75) is 30.8 Å². The molecule has 5 heteroatoms. The van der Waals surface area contributed by atoms with Gasteiger partial charge in [0, 0.05) is 64.7 Å². The third-order valence-corrected chi connectivity index (χ3v) is 10.1. The number of aromatic amines is 1. The van der Waals surface area contributed by atoms with Gasteiger partial charge in [0.2, 0.25) is 0 Å². The molecule has 30 heavy (non-hydrogen) atoms. The monoisotopic (exact) mass is 425 g/mol. The fourth-order valence-electron chi connectivity index (χ4n) is 6.76. The number of aromatic hydroxyl groups is 1. The molecule has 7 aromatic rings. The van der Waals surface area contributed by atoms with Crippen LogP contribution < -0.4 is 0 Å². The Morgan fingerprint density at radius 3 is 2.37 bits per heavy atom. The van der Waals surface area contributed by atoms with Crippen LogP contribution in [0.4, 0.5) is 0 Å². The van der Waals surface area contributed by atoms with Gasteiger partial charge < -0.3 is 14.6 Å². The first-order chi connectivity index (χ1) is 14.7. The molecule has 0 bridgehead atoms. The highest BCUT2D eigenvalue weighted by atomic mass is 32.2. The van der Waals surface area contributed by atoms with Gasteiger partial charge in [0.05, 0.1) is 4.70 Å². The largest absolute Gasteiger partial charge is 0.616 e. The number of H-pyrrole nitrogens is 1. The van der Waals surface area contributed by atoms with E-state index in [0.29, 0.717) is 17.3 Å². The zero-order valence-corrected chi connectivity index (χ0v) is 17.6. The summed E-state index contributed by atoms with van der Waals surface area (Å²) < 4.78 is 14.9. The third kappa shape index (κ3) is 1.43. The topological polar surface area (TPSA) is 59.1 Å². The van der Waals surface area contributed by atoms with Gasteiger partial charge in [-0.3, -0.25) is 0 Å². The number of aryl methyl sites for hydroxylation is 2. The van der Waals surface area contributed by atoms with Crippen LogP contribution in [0.1, 0.15) is 28.7 Å². The Hall–Kier alpha value is -2.47. The molecule has 144 valence electrons. The second-order valence-corrected chi connectivity index (χ2v) is 11.7. The summed E-state index contributed by atoms with van der Waals surface area (Å²) in [5, 5.41) is 21.9. The molecule has 9 rings (SSSR count). The van der Waals surface area contributed by atoms with Gasteiger partial charge in [-0.15, -0.1) is 11.3 Å². The molecule has 1 unspecified atom stereocenters. The normalized spacial score (nSPS) is 19.3. The highest BCUT2D eigenvalue weighted by Gasteiger charge is 2.33. The van der Waals surface area contributed by atoms with Crippen molar-refractivity contribution in [3.63, 3.8) is 0 Å². The molecular formula is C25H15NO2S2. The number of phenolic OH excluding ortho intramolecular Hbond substituents is 1. The van der Waals surface area contributed by atoms with Crippen LogP contribution in [0.15, 0.2) is 18.2 Å². The minimum absolute atomic E-state index is 0.499. The Labute approximate surface area is 177 Å². The van der Waals surface area contributed by atoms with Crippen molar-refractivity contribution in [2.75, 3.05) is 0 Å². The average molecular weight is 426 g/mol. The van der Waals surface area contributed by atoms with Crippen molar-refractivity contribution < 1.29 is 9.66 Å².